The summed E-state index contributed by atoms with van der Waals surface area (Å²) in [6.45, 7) is 13.2. The number of nitrogens with one attached hydrogen (secondary N) is 3. The van der Waals surface area contributed by atoms with Crippen LogP contribution in [0.3, 0.4) is 0 Å². The van der Waals surface area contributed by atoms with Gasteiger partial charge in [-0.1, -0.05) is 48.5 Å². The number of benzene rings is 2. The zero-order chi connectivity index (χ0) is 36.4. The van der Waals surface area contributed by atoms with E-state index in [1.54, 1.807) is 0 Å². The molecular formula is C36H52ClN5O7S. The molecule has 0 aromatic heterocycles. The van der Waals surface area contributed by atoms with Gasteiger partial charge >= 0.3 is 5.97 Å². The molecule has 1 heterocycles. The first kappa shape index (κ1) is 42.4. The number of hydrogen-bond acceptors (Lipinski definition) is 9. The average Bonchev–Trinajstić information content (AvgIpc) is 3.35. The second-order valence-electron chi connectivity index (χ2n) is 13.7. The third-order valence-electron chi connectivity index (χ3n) is 7.87. The predicted octanol–water partition coefficient (Wildman–Crippen LogP) is 3.19. The van der Waals surface area contributed by atoms with Gasteiger partial charge in [-0.15, -0.1) is 24.2 Å². The molecule has 4 amide bonds. The number of ether oxygens (including phenoxy) is 2. The number of nitrogens with two attached hydrogens (primary N) is 1. The predicted molar refractivity (Wildman–Crippen MR) is 197 cm³/mol. The zero-order valence-electron chi connectivity index (χ0n) is 30.0. The fourth-order valence-electron chi connectivity index (χ4n) is 5.55. The van der Waals surface area contributed by atoms with Crippen LogP contribution in [0.4, 0.5) is 0 Å². The van der Waals surface area contributed by atoms with E-state index < -0.39 is 46.3 Å². The fourth-order valence-corrected chi connectivity index (χ4v) is 6.69. The Bertz CT molecular complexity index is 1460. The highest BCUT2D eigenvalue weighted by Gasteiger charge is 2.51. The smallest absolute Gasteiger partial charge is 0.307 e. The van der Waals surface area contributed by atoms with Crippen molar-refractivity contribution < 1.29 is 33.4 Å². The van der Waals surface area contributed by atoms with E-state index >= 15 is 0 Å². The van der Waals surface area contributed by atoms with Crippen LogP contribution >= 0.6 is 24.2 Å². The number of rotatable bonds is 15. The van der Waals surface area contributed by atoms with Crippen LogP contribution in [0, 0.1) is 13.8 Å². The molecule has 276 valence electrons. The van der Waals surface area contributed by atoms with E-state index in [4.69, 9.17) is 15.2 Å². The summed E-state index contributed by atoms with van der Waals surface area (Å²) in [7, 11) is 0. The van der Waals surface area contributed by atoms with Crippen LogP contribution < -0.4 is 26.4 Å². The minimum Gasteiger partial charge on any atom is -0.483 e. The van der Waals surface area contributed by atoms with Crippen molar-refractivity contribution in [1.82, 2.24) is 20.9 Å². The molecule has 14 heteroatoms. The zero-order valence-corrected chi connectivity index (χ0v) is 31.6. The first-order valence-corrected chi connectivity index (χ1v) is 17.5. The van der Waals surface area contributed by atoms with Crippen LogP contribution in [0.2, 0.25) is 0 Å². The number of aryl methyl sites for hydroxylation is 2. The molecule has 12 nitrogen and oxygen atoms in total. The number of carbonyl (C=O) groups excluding carboxylic acids is 5. The van der Waals surface area contributed by atoms with Gasteiger partial charge in [-0.3, -0.25) is 24.0 Å². The Morgan fingerprint density at radius 3 is 2.22 bits per heavy atom. The average molecular weight is 734 g/mol. The number of carbonyl (C=O) groups is 5. The molecule has 1 fully saturated rings. The van der Waals surface area contributed by atoms with Crippen LogP contribution in [0.5, 0.6) is 5.75 Å². The topological polar surface area (TPSA) is 169 Å². The van der Waals surface area contributed by atoms with Crippen molar-refractivity contribution in [3.05, 3.63) is 65.2 Å². The molecule has 1 aliphatic rings. The number of halogens is 1. The lowest BCUT2D eigenvalue weighted by atomic mass is 9.96. The van der Waals surface area contributed by atoms with Crippen LogP contribution in [-0.2, 0) is 35.1 Å². The Labute approximate surface area is 305 Å². The van der Waals surface area contributed by atoms with Crippen LogP contribution in [0.15, 0.2) is 48.5 Å². The number of nitrogens with zero attached hydrogens (tertiary/aromatic N) is 1. The van der Waals surface area contributed by atoms with E-state index in [2.05, 4.69) is 16.0 Å². The Kier molecular flexibility index (Phi) is 16.1. The van der Waals surface area contributed by atoms with Gasteiger partial charge in [0.2, 0.25) is 17.9 Å². The molecule has 1 aliphatic heterocycles. The number of para-hydroxylation sites is 1. The monoisotopic (exact) mass is 733 g/mol. The Balaban J connectivity index is 0.00000867. The second-order valence-corrected chi connectivity index (χ2v) is 15.3. The third-order valence-corrected chi connectivity index (χ3v) is 9.24. The van der Waals surface area contributed by atoms with Crippen molar-refractivity contribution in [2.24, 2.45) is 5.73 Å². The normalized spacial score (nSPS) is 16.3. The molecule has 50 heavy (non-hydrogen) atoms. The van der Waals surface area contributed by atoms with Crippen molar-refractivity contribution in [1.29, 1.82) is 0 Å². The number of esters is 1. The lowest BCUT2D eigenvalue weighted by Crippen LogP contribution is -2.61. The minimum atomic E-state index is -1.52. The van der Waals surface area contributed by atoms with E-state index in [1.165, 1.54) is 16.7 Å². The van der Waals surface area contributed by atoms with Crippen molar-refractivity contribution >= 4 is 53.8 Å². The molecule has 3 rings (SSSR count). The molecule has 0 bridgehead atoms. The van der Waals surface area contributed by atoms with Gasteiger partial charge in [0.1, 0.15) is 11.8 Å². The summed E-state index contributed by atoms with van der Waals surface area (Å²) in [6.07, 6.45) is -1.89. The van der Waals surface area contributed by atoms with Gasteiger partial charge in [0.25, 0.3) is 11.8 Å². The van der Waals surface area contributed by atoms with Crippen LogP contribution in [0.25, 0.3) is 0 Å². The summed E-state index contributed by atoms with van der Waals surface area (Å²) in [5.41, 5.74) is 7.39. The summed E-state index contributed by atoms with van der Waals surface area (Å²) < 4.78 is 11.1. The molecule has 0 unspecified atom stereocenters. The van der Waals surface area contributed by atoms with Gasteiger partial charge in [0, 0.05) is 29.8 Å². The molecule has 0 aliphatic carbocycles. The Morgan fingerprint density at radius 2 is 1.62 bits per heavy atom. The van der Waals surface area contributed by atoms with Crippen molar-refractivity contribution in [2.75, 3.05) is 25.6 Å². The van der Waals surface area contributed by atoms with E-state index in [0.29, 0.717) is 5.75 Å². The largest absolute Gasteiger partial charge is 0.483 e. The highest BCUT2D eigenvalue weighted by atomic mass is 35.5. The molecular weight excluding hydrogens is 682 g/mol. The molecule has 0 radical (unpaired) electrons. The van der Waals surface area contributed by atoms with Crippen LogP contribution in [0.1, 0.15) is 64.2 Å². The summed E-state index contributed by atoms with van der Waals surface area (Å²) in [6, 6.07) is 12.9. The summed E-state index contributed by atoms with van der Waals surface area (Å²) >= 11 is 1.43. The van der Waals surface area contributed by atoms with Crippen molar-refractivity contribution in [2.45, 2.75) is 96.2 Å². The van der Waals surface area contributed by atoms with E-state index in [0.717, 1.165) is 16.7 Å². The number of amides is 4. The highest BCUT2D eigenvalue weighted by molar-refractivity contribution is 8.00. The van der Waals surface area contributed by atoms with Crippen molar-refractivity contribution in [3.63, 3.8) is 0 Å². The fraction of sp³-hybridized carbons (Fsp3) is 0.528. The number of hydrogen-bond donors (Lipinski definition) is 4. The molecule has 2 aromatic rings. The first-order valence-electron chi connectivity index (χ1n) is 16.5. The van der Waals surface area contributed by atoms with Gasteiger partial charge in [-0.25, -0.2) is 0 Å². The van der Waals surface area contributed by atoms with E-state index in [9.17, 15) is 24.0 Å². The second kappa shape index (κ2) is 19.0. The van der Waals surface area contributed by atoms with Gasteiger partial charge in [0.15, 0.2) is 6.61 Å². The SMILES string of the molecule is Cc1cccc(C)c1OCC(=O)N[C@@H](Cc1ccccc1)[C@H](OC(=O)CCC(=O)NCCN)C(=O)N1CSC(C)(C)[C@H]1C(=O)NC(C)(C)C.Cl. The Morgan fingerprint density at radius 1 is 0.980 bits per heavy atom. The first-order chi connectivity index (χ1) is 23.0. The maximum atomic E-state index is 14.6. The van der Waals surface area contributed by atoms with E-state index in [-0.39, 0.29) is 69.1 Å². The lowest BCUT2D eigenvalue weighted by Gasteiger charge is -2.36. The third kappa shape index (κ3) is 12.5. The van der Waals surface area contributed by atoms with Gasteiger partial charge in [-0.2, -0.15) is 0 Å². The molecule has 0 spiro atoms. The molecule has 0 saturated carbocycles. The lowest BCUT2D eigenvalue weighted by molar-refractivity contribution is -0.164. The van der Waals surface area contributed by atoms with Gasteiger partial charge in [0.05, 0.1) is 18.3 Å². The summed E-state index contributed by atoms with van der Waals surface area (Å²) in [5, 5.41) is 8.48. The van der Waals surface area contributed by atoms with E-state index in [1.807, 2.05) is 97.0 Å². The quantitative estimate of drug-likeness (QED) is 0.201. The molecule has 3 atom stereocenters. The maximum Gasteiger partial charge on any atom is 0.307 e. The highest BCUT2D eigenvalue weighted by Crippen LogP contribution is 2.40. The van der Waals surface area contributed by atoms with Gasteiger partial charge in [-0.05, 0) is 71.6 Å². The van der Waals surface area contributed by atoms with Gasteiger partial charge < -0.3 is 36.1 Å². The minimum absolute atomic E-state index is 0. The molecule has 2 aromatic carbocycles. The molecule has 1 saturated heterocycles. The van der Waals surface area contributed by atoms with Crippen molar-refractivity contribution in [3.8, 4) is 5.75 Å². The maximum absolute atomic E-state index is 14.6. The number of thioether (sulfide) groups is 1. The summed E-state index contributed by atoms with van der Waals surface area (Å²) in [4.78, 5) is 68.7. The summed E-state index contributed by atoms with van der Waals surface area (Å²) in [5.74, 6) is -1.97. The molecule has 5 N–H and O–H groups in total. The standard InChI is InChI=1S/C36H51N5O7S.ClH/c1-23-12-11-13-24(2)30(23)47-21-28(43)39-26(20-25-14-9-8-10-15-25)31(48-29(44)17-16-27(42)38-19-18-37)34(46)41-22-49-36(6,7)32(41)33(45)40-35(3,4)5;/h8-15,26,31-32H,16-22,37H2,1-7H3,(H,38,42)(H,39,43)(H,40,45);1H/t26-,31-,32+;/m0./s1. The van der Waals surface area contributed by atoms with Crippen LogP contribution in [-0.4, -0.2) is 88.5 Å². The Hall–Kier alpha value is -3.81.